The number of likely N-dealkylation sites (tertiary alicyclic amines) is 1. The highest BCUT2D eigenvalue weighted by molar-refractivity contribution is 6.06. The lowest BCUT2D eigenvalue weighted by atomic mass is 10.0. The third-order valence-electron chi connectivity index (χ3n) is 5.37. The van der Waals surface area contributed by atoms with Crippen LogP contribution >= 0.6 is 0 Å². The van der Waals surface area contributed by atoms with Gasteiger partial charge in [-0.2, -0.15) is 0 Å². The Labute approximate surface area is 161 Å². The number of methoxy groups -OCH3 is 2. The number of fused-ring (bicyclic) bond motifs is 1. The maximum atomic E-state index is 13.1. The van der Waals surface area contributed by atoms with Crippen LogP contribution in [0.4, 0.5) is 0 Å². The minimum Gasteiger partial charge on any atom is -0.496 e. The van der Waals surface area contributed by atoms with Gasteiger partial charge in [0.05, 0.1) is 14.2 Å². The van der Waals surface area contributed by atoms with E-state index in [-0.39, 0.29) is 11.9 Å². The number of piperidine rings is 1. The number of ether oxygens (including phenoxy) is 2. The van der Waals surface area contributed by atoms with Gasteiger partial charge in [-0.15, -0.1) is 0 Å². The second kappa shape index (κ2) is 9.09. The predicted molar refractivity (Wildman–Crippen MR) is 109 cm³/mol. The topological polar surface area (TPSA) is 50.8 Å². The lowest BCUT2D eigenvalue weighted by Crippen LogP contribution is -2.45. The molecule has 5 nitrogen and oxygen atoms in total. The second-order valence-corrected chi connectivity index (χ2v) is 7.15. The molecule has 0 unspecified atom stereocenters. The molecule has 0 radical (unpaired) electrons. The Balaban J connectivity index is 1.78. The predicted octanol–water partition coefficient (Wildman–Crippen LogP) is 3.85. The zero-order valence-electron chi connectivity index (χ0n) is 16.6. The van der Waals surface area contributed by atoms with Gasteiger partial charge in [-0.25, -0.2) is 0 Å². The summed E-state index contributed by atoms with van der Waals surface area (Å²) in [4.78, 5) is 15.6. The molecule has 0 aliphatic carbocycles. The summed E-state index contributed by atoms with van der Waals surface area (Å²) >= 11 is 0. The van der Waals surface area contributed by atoms with Crippen molar-refractivity contribution in [2.24, 2.45) is 0 Å². The van der Waals surface area contributed by atoms with Crippen molar-refractivity contribution in [1.82, 2.24) is 10.2 Å². The van der Waals surface area contributed by atoms with Crippen molar-refractivity contribution < 1.29 is 14.3 Å². The molecule has 3 rings (SSSR count). The van der Waals surface area contributed by atoms with Crippen LogP contribution < -0.4 is 14.8 Å². The fourth-order valence-electron chi connectivity index (χ4n) is 3.82. The molecule has 1 aliphatic rings. The quantitative estimate of drug-likeness (QED) is 0.804. The van der Waals surface area contributed by atoms with Crippen molar-refractivity contribution >= 4 is 16.7 Å². The first-order chi connectivity index (χ1) is 13.2. The molecule has 0 aromatic heterocycles. The third-order valence-corrected chi connectivity index (χ3v) is 5.37. The smallest absolute Gasteiger partial charge is 0.259 e. The van der Waals surface area contributed by atoms with E-state index >= 15 is 0 Å². The van der Waals surface area contributed by atoms with Gasteiger partial charge in [-0.05, 0) is 37.3 Å². The van der Waals surface area contributed by atoms with Crippen LogP contribution in [0.3, 0.4) is 0 Å². The number of carbonyl (C=O) groups excluding carboxylic acids is 1. The second-order valence-electron chi connectivity index (χ2n) is 7.15. The van der Waals surface area contributed by atoms with E-state index in [2.05, 4.69) is 17.1 Å². The Morgan fingerprint density at radius 2 is 1.93 bits per heavy atom. The zero-order chi connectivity index (χ0) is 19.2. The van der Waals surface area contributed by atoms with Crippen molar-refractivity contribution in [1.29, 1.82) is 0 Å². The van der Waals surface area contributed by atoms with Crippen LogP contribution in [0, 0.1) is 0 Å². The molecule has 1 fully saturated rings. The number of carbonyl (C=O) groups is 1. The molecule has 0 atom stereocenters. The number of nitrogens with one attached hydrogen (secondary N) is 1. The van der Waals surface area contributed by atoms with Gasteiger partial charge in [-0.3, -0.25) is 4.79 Å². The SMILES string of the molecule is CCCCN1CCC(NC(=O)c2c(OC)cc3ccccc3c2OC)CC1. The highest BCUT2D eigenvalue weighted by Gasteiger charge is 2.25. The van der Waals surface area contributed by atoms with E-state index in [0.717, 1.165) is 43.2 Å². The van der Waals surface area contributed by atoms with E-state index in [4.69, 9.17) is 9.47 Å². The summed E-state index contributed by atoms with van der Waals surface area (Å²) in [5.74, 6) is 0.993. The molecule has 0 saturated carbocycles. The van der Waals surface area contributed by atoms with Crippen LogP contribution in [0.15, 0.2) is 30.3 Å². The fourth-order valence-corrected chi connectivity index (χ4v) is 3.82. The minimum absolute atomic E-state index is 0.124. The van der Waals surface area contributed by atoms with Gasteiger partial charge in [0, 0.05) is 24.5 Å². The first-order valence-electron chi connectivity index (χ1n) is 9.84. The number of hydrogen-bond donors (Lipinski definition) is 1. The number of hydrogen-bond acceptors (Lipinski definition) is 4. The van der Waals surface area contributed by atoms with E-state index < -0.39 is 0 Å². The molecule has 146 valence electrons. The van der Waals surface area contributed by atoms with Gasteiger partial charge in [0.1, 0.15) is 17.1 Å². The van der Waals surface area contributed by atoms with E-state index in [9.17, 15) is 4.79 Å². The Kier molecular flexibility index (Phi) is 6.56. The van der Waals surface area contributed by atoms with Gasteiger partial charge in [0.2, 0.25) is 0 Å². The summed E-state index contributed by atoms with van der Waals surface area (Å²) in [5, 5.41) is 5.11. The summed E-state index contributed by atoms with van der Waals surface area (Å²) in [6, 6.07) is 9.97. The molecular formula is C22H30N2O3. The molecule has 1 N–H and O–H groups in total. The molecule has 0 spiro atoms. The normalized spacial score (nSPS) is 15.7. The number of rotatable bonds is 7. The summed E-state index contributed by atoms with van der Waals surface area (Å²) in [6.07, 6.45) is 4.42. The van der Waals surface area contributed by atoms with E-state index in [1.165, 1.54) is 12.8 Å². The minimum atomic E-state index is -0.124. The van der Waals surface area contributed by atoms with E-state index in [0.29, 0.717) is 17.1 Å². The van der Waals surface area contributed by atoms with Gasteiger partial charge in [-0.1, -0.05) is 37.6 Å². The summed E-state index contributed by atoms with van der Waals surface area (Å²) in [5.41, 5.74) is 0.479. The highest BCUT2D eigenvalue weighted by atomic mass is 16.5. The van der Waals surface area contributed by atoms with Crippen LogP contribution in [0.2, 0.25) is 0 Å². The van der Waals surface area contributed by atoms with E-state index in [1.807, 2.05) is 30.3 Å². The largest absolute Gasteiger partial charge is 0.496 e. The zero-order valence-corrected chi connectivity index (χ0v) is 16.6. The Hall–Kier alpha value is -2.27. The standard InChI is InChI=1S/C22H30N2O3/c1-4-5-12-24-13-10-17(11-14-24)23-22(25)20-19(26-2)15-16-8-6-7-9-18(16)21(20)27-3/h6-9,15,17H,4-5,10-14H2,1-3H3,(H,23,25). The number of nitrogens with zero attached hydrogens (tertiary/aromatic N) is 1. The van der Waals surface area contributed by atoms with Crippen molar-refractivity contribution in [3.05, 3.63) is 35.9 Å². The molecule has 0 bridgehead atoms. The maximum absolute atomic E-state index is 13.1. The maximum Gasteiger partial charge on any atom is 0.259 e. The molecule has 1 amide bonds. The first kappa shape index (κ1) is 19.5. The lowest BCUT2D eigenvalue weighted by molar-refractivity contribution is 0.0905. The van der Waals surface area contributed by atoms with Crippen LogP contribution in [-0.2, 0) is 0 Å². The summed E-state index contributed by atoms with van der Waals surface area (Å²) in [6.45, 7) is 5.45. The van der Waals surface area contributed by atoms with Crippen molar-refractivity contribution in [2.75, 3.05) is 33.9 Å². The molecule has 2 aromatic rings. The van der Waals surface area contributed by atoms with Crippen molar-refractivity contribution in [3.8, 4) is 11.5 Å². The number of benzene rings is 2. The van der Waals surface area contributed by atoms with Crippen molar-refractivity contribution in [2.45, 2.75) is 38.6 Å². The Bertz CT molecular complexity index is 782. The average molecular weight is 370 g/mol. The van der Waals surface area contributed by atoms with Crippen LogP contribution in [-0.4, -0.2) is 50.7 Å². The van der Waals surface area contributed by atoms with Crippen LogP contribution in [0.1, 0.15) is 43.0 Å². The molecule has 1 saturated heterocycles. The third kappa shape index (κ3) is 4.35. The highest BCUT2D eigenvalue weighted by Crippen LogP contribution is 2.37. The Morgan fingerprint density at radius 1 is 1.19 bits per heavy atom. The molecule has 27 heavy (non-hydrogen) atoms. The summed E-state index contributed by atoms with van der Waals surface area (Å²) < 4.78 is 11.1. The van der Waals surface area contributed by atoms with E-state index in [1.54, 1.807) is 14.2 Å². The number of unbranched alkanes of at least 4 members (excludes halogenated alkanes) is 1. The van der Waals surface area contributed by atoms with Gasteiger partial charge in [0.15, 0.2) is 0 Å². The molecule has 5 heteroatoms. The van der Waals surface area contributed by atoms with Gasteiger partial charge >= 0.3 is 0 Å². The molecule has 2 aromatic carbocycles. The average Bonchev–Trinajstić information content (AvgIpc) is 2.71. The summed E-state index contributed by atoms with van der Waals surface area (Å²) in [7, 11) is 3.19. The first-order valence-corrected chi connectivity index (χ1v) is 9.84. The fraction of sp³-hybridized carbons (Fsp3) is 0.500. The van der Waals surface area contributed by atoms with Gasteiger partial charge in [0.25, 0.3) is 5.91 Å². The number of amides is 1. The van der Waals surface area contributed by atoms with Crippen LogP contribution in [0.5, 0.6) is 11.5 Å². The monoisotopic (exact) mass is 370 g/mol. The molecule has 1 aliphatic heterocycles. The lowest BCUT2D eigenvalue weighted by Gasteiger charge is -2.32. The van der Waals surface area contributed by atoms with Crippen molar-refractivity contribution in [3.63, 3.8) is 0 Å². The Morgan fingerprint density at radius 3 is 2.59 bits per heavy atom. The van der Waals surface area contributed by atoms with Gasteiger partial charge < -0.3 is 19.7 Å². The molecular weight excluding hydrogens is 340 g/mol. The van der Waals surface area contributed by atoms with Crippen LogP contribution in [0.25, 0.3) is 10.8 Å². The molecule has 1 heterocycles.